The molecular weight excluding hydrogens is 374 g/mol. The van der Waals surface area contributed by atoms with Crippen LogP contribution in [0.25, 0.3) is 10.4 Å². The highest BCUT2D eigenvalue weighted by molar-refractivity contribution is 7.17. The number of fused-ring (bicyclic) bond motifs is 4. The molecule has 5 rings (SSSR count). The van der Waals surface area contributed by atoms with Crippen LogP contribution in [0.4, 0.5) is 0 Å². The summed E-state index contributed by atoms with van der Waals surface area (Å²) in [5.74, 6) is -0.105. The van der Waals surface area contributed by atoms with Crippen molar-refractivity contribution in [3.63, 3.8) is 0 Å². The van der Waals surface area contributed by atoms with Crippen molar-refractivity contribution in [1.29, 1.82) is 0 Å². The van der Waals surface area contributed by atoms with Crippen LogP contribution in [0, 0.1) is 0 Å². The van der Waals surface area contributed by atoms with E-state index in [-0.39, 0.29) is 24.4 Å². The predicted octanol–water partition coefficient (Wildman–Crippen LogP) is 2.78. The summed E-state index contributed by atoms with van der Waals surface area (Å²) >= 11 is 1.51. The van der Waals surface area contributed by atoms with Gasteiger partial charge >= 0.3 is 5.69 Å². The standard InChI is InChI=1S/C21H19N3O3S/c1-21(2)8-11-7-16(28-17(11)12-5-3-4-6-14(12)21)19(26)24-9-13-15(10-24)22-20(27)23-18(13)25/h3-7H,8-10H2,1-2H3,(H2,22,23,25,27). The molecule has 0 spiro atoms. The van der Waals surface area contributed by atoms with Crippen LogP contribution in [0.1, 0.15) is 45.9 Å². The number of carbonyl (C=O) groups excluding carboxylic acids is 1. The predicted molar refractivity (Wildman–Crippen MR) is 108 cm³/mol. The van der Waals surface area contributed by atoms with E-state index in [0.717, 1.165) is 11.3 Å². The number of benzene rings is 1. The van der Waals surface area contributed by atoms with E-state index in [0.29, 0.717) is 16.1 Å². The Labute approximate surface area is 164 Å². The van der Waals surface area contributed by atoms with Crippen LogP contribution in [0.5, 0.6) is 0 Å². The number of thiophene rings is 1. The molecule has 7 heteroatoms. The van der Waals surface area contributed by atoms with E-state index in [1.165, 1.54) is 28.0 Å². The molecule has 2 aromatic heterocycles. The third kappa shape index (κ3) is 2.50. The first-order valence-corrected chi connectivity index (χ1v) is 10.0. The summed E-state index contributed by atoms with van der Waals surface area (Å²) in [7, 11) is 0. The van der Waals surface area contributed by atoms with Gasteiger partial charge in [-0.15, -0.1) is 11.3 Å². The van der Waals surface area contributed by atoms with E-state index in [9.17, 15) is 14.4 Å². The molecule has 28 heavy (non-hydrogen) atoms. The minimum atomic E-state index is -0.538. The number of aromatic amines is 2. The van der Waals surface area contributed by atoms with Crippen molar-refractivity contribution < 1.29 is 4.79 Å². The smallest absolute Gasteiger partial charge is 0.325 e. The van der Waals surface area contributed by atoms with Crippen molar-refractivity contribution in [1.82, 2.24) is 14.9 Å². The maximum Gasteiger partial charge on any atom is 0.325 e. The van der Waals surface area contributed by atoms with E-state index in [4.69, 9.17) is 0 Å². The van der Waals surface area contributed by atoms with Crippen LogP contribution in [0.3, 0.4) is 0 Å². The van der Waals surface area contributed by atoms with Crippen LogP contribution in [0.2, 0.25) is 0 Å². The molecule has 3 heterocycles. The molecule has 0 atom stereocenters. The number of amides is 1. The van der Waals surface area contributed by atoms with Crippen LogP contribution < -0.4 is 11.2 Å². The first-order chi connectivity index (χ1) is 13.3. The van der Waals surface area contributed by atoms with Gasteiger partial charge in [0.1, 0.15) is 0 Å². The van der Waals surface area contributed by atoms with Crippen LogP contribution in [0.15, 0.2) is 39.9 Å². The first-order valence-electron chi connectivity index (χ1n) is 9.20. The summed E-state index contributed by atoms with van der Waals surface area (Å²) in [4.78, 5) is 44.9. The SMILES string of the molecule is CC1(C)Cc2cc(C(=O)N3Cc4[nH]c(=O)[nH]c(=O)c4C3)sc2-c2ccccc21. The van der Waals surface area contributed by atoms with E-state index < -0.39 is 11.2 Å². The Morgan fingerprint density at radius 3 is 2.75 bits per heavy atom. The van der Waals surface area contributed by atoms with Crippen molar-refractivity contribution >= 4 is 17.2 Å². The zero-order chi connectivity index (χ0) is 19.6. The zero-order valence-corrected chi connectivity index (χ0v) is 16.4. The molecule has 1 amide bonds. The molecule has 0 saturated heterocycles. The Hall–Kier alpha value is -2.93. The summed E-state index contributed by atoms with van der Waals surface area (Å²) < 4.78 is 0. The molecule has 6 nitrogen and oxygen atoms in total. The molecule has 2 N–H and O–H groups in total. The number of nitrogens with one attached hydrogen (secondary N) is 2. The summed E-state index contributed by atoms with van der Waals surface area (Å²) in [6, 6.07) is 10.4. The molecule has 1 aliphatic carbocycles. The lowest BCUT2D eigenvalue weighted by atomic mass is 9.73. The van der Waals surface area contributed by atoms with Gasteiger partial charge in [0, 0.05) is 10.6 Å². The van der Waals surface area contributed by atoms with Gasteiger partial charge in [-0.25, -0.2) is 4.79 Å². The fourth-order valence-corrected chi connectivity index (χ4v) is 5.52. The first kappa shape index (κ1) is 17.2. The molecule has 0 unspecified atom stereocenters. The average Bonchev–Trinajstić information content (AvgIpc) is 3.25. The molecule has 0 radical (unpaired) electrons. The normalized spacial score (nSPS) is 16.4. The lowest BCUT2D eigenvalue weighted by molar-refractivity contribution is 0.0755. The third-order valence-electron chi connectivity index (χ3n) is 5.67. The number of carbonyl (C=O) groups is 1. The Morgan fingerprint density at radius 1 is 1.14 bits per heavy atom. The third-order valence-corrected chi connectivity index (χ3v) is 6.87. The van der Waals surface area contributed by atoms with Crippen LogP contribution >= 0.6 is 11.3 Å². The molecule has 3 aromatic rings. The average molecular weight is 393 g/mol. The summed E-state index contributed by atoms with van der Waals surface area (Å²) in [5, 5.41) is 0. The highest BCUT2D eigenvalue weighted by Crippen LogP contribution is 2.46. The van der Waals surface area contributed by atoms with E-state index in [1.807, 2.05) is 12.1 Å². The van der Waals surface area contributed by atoms with Gasteiger partial charge in [-0.1, -0.05) is 38.1 Å². The van der Waals surface area contributed by atoms with Gasteiger partial charge < -0.3 is 9.88 Å². The highest BCUT2D eigenvalue weighted by Gasteiger charge is 2.34. The quantitative estimate of drug-likeness (QED) is 0.667. The summed E-state index contributed by atoms with van der Waals surface area (Å²) in [6.07, 6.45) is 0.885. The molecule has 0 bridgehead atoms. The molecule has 2 aliphatic rings. The van der Waals surface area contributed by atoms with E-state index in [2.05, 4.69) is 42.0 Å². The van der Waals surface area contributed by atoms with Crippen molar-refractivity contribution in [2.75, 3.05) is 0 Å². The van der Waals surface area contributed by atoms with Crippen LogP contribution in [-0.4, -0.2) is 20.8 Å². The Balaban J connectivity index is 1.51. The fraction of sp³-hybridized carbons (Fsp3) is 0.286. The molecule has 0 saturated carbocycles. The Kier molecular flexibility index (Phi) is 3.55. The van der Waals surface area contributed by atoms with Gasteiger partial charge in [-0.3, -0.25) is 14.6 Å². The largest absolute Gasteiger partial charge is 0.328 e. The van der Waals surface area contributed by atoms with Crippen molar-refractivity contribution in [3.05, 3.63) is 78.4 Å². The Morgan fingerprint density at radius 2 is 1.93 bits per heavy atom. The Bertz CT molecular complexity index is 1250. The second-order valence-electron chi connectivity index (χ2n) is 8.10. The number of hydrogen-bond acceptors (Lipinski definition) is 4. The number of H-pyrrole nitrogens is 2. The highest BCUT2D eigenvalue weighted by atomic mass is 32.1. The number of hydrogen-bond donors (Lipinski definition) is 2. The molecule has 1 aliphatic heterocycles. The monoisotopic (exact) mass is 393 g/mol. The number of rotatable bonds is 1. The minimum absolute atomic E-state index is 0.0155. The summed E-state index contributed by atoms with van der Waals surface area (Å²) in [5.41, 5.74) is 3.74. The zero-order valence-electron chi connectivity index (χ0n) is 15.6. The van der Waals surface area contributed by atoms with Crippen molar-refractivity contribution in [3.8, 4) is 10.4 Å². The molecular formula is C21H19N3O3S. The molecule has 0 fully saturated rings. The van der Waals surface area contributed by atoms with Crippen molar-refractivity contribution in [2.45, 2.75) is 38.8 Å². The van der Waals surface area contributed by atoms with Gasteiger partial charge in [0.25, 0.3) is 11.5 Å². The lowest BCUT2D eigenvalue weighted by Gasteiger charge is -2.32. The molecule has 1 aromatic carbocycles. The van der Waals surface area contributed by atoms with Crippen LogP contribution in [-0.2, 0) is 24.9 Å². The van der Waals surface area contributed by atoms with Gasteiger partial charge in [0.05, 0.1) is 23.5 Å². The second kappa shape index (κ2) is 5.78. The number of nitrogens with zero attached hydrogens (tertiary/aromatic N) is 1. The summed E-state index contributed by atoms with van der Waals surface area (Å²) in [6.45, 7) is 4.92. The fourth-order valence-electron chi connectivity index (χ4n) is 4.33. The van der Waals surface area contributed by atoms with Gasteiger partial charge in [0.15, 0.2) is 0 Å². The van der Waals surface area contributed by atoms with Gasteiger partial charge in [-0.05, 0) is 34.6 Å². The second-order valence-corrected chi connectivity index (χ2v) is 9.15. The molecule has 142 valence electrons. The van der Waals surface area contributed by atoms with Gasteiger partial charge in [0.2, 0.25) is 0 Å². The number of aromatic nitrogens is 2. The minimum Gasteiger partial charge on any atom is -0.328 e. The van der Waals surface area contributed by atoms with Crippen molar-refractivity contribution in [2.24, 2.45) is 0 Å². The maximum absolute atomic E-state index is 13.1. The van der Waals surface area contributed by atoms with Gasteiger partial charge in [-0.2, -0.15) is 0 Å². The van der Waals surface area contributed by atoms with E-state index >= 15 is 0 Å². The maximum atomic E-state index is 13.1. The topological polar surface area (TPSA) is 86.0 Å². The lowest BCUT2D eigenvalue weighted by Crippen LogP contribution is -2.26. The van der Waals surface area contributed by atoms with E-state index in [1.54, 1.807) is 4.90 Å².